The first-order valence-corrected chi connectivity index (χ1v) is 12.0. The van der Waals surface area contributed by atoms with Crippen molar-refractivity contribution in [3.8, 4) is 0 Å². The van der Waals surface area contributed by atoms with Crippen LogP contribution in [0.2, 0.25) is 0 Å². The molecule has 2 heterocycles. The van der Waals surface area contributed by atoms with Crippen molar-refractivity contribution in [1.29, 1.82) is 0 Å². The minimum atomic E-state index is -0.580. The van der Waals surface area contributed by atoms with Crippen LogP contribution >= 0.6 is 0 Å². The van der Waals surface area contributed by atoms with E-state index in [9.17, 15) is 14.4 Å². The number of hydrogen-bond acceptors (Lipinski definition) is 3. The van der Waals surface area contributed by atoms with E-state index < -0.39 is 11.7 Å². The quantitative estimate of drug-likeness (QED) is 0.402. The topological polar surface area (TPSA) is 71.4 Å². The SMILES string of the molecule is O=C(NCCC1=CCCCC1)C(=O)c1cn(CC(=O)N2CCCCCC2)c2ccccc12. The summed E-state index contributed by atoms with van der Waals surface area (Å²) in [5, 5.41) is 3.50. The van der Waals surface area contributed by atoms with Crippen LogP contribution in [-0.4, -0.2) is 46.7 Å². The largest absolute Gasteiger partial charge is 0.349 e. The van der Waals surface area contributed by atoms with Crippen molar-refractivity contribution in [3.63, 3.8) is 0 Å². The van der Waals surface area contributed by atoms with Gasteiger partial charge >= 0.3 is 0 Å². The van der Waals surface area contributed by atoms with Crippen LogP contribution in [0, 0.1) is 0 Å². The Labute approximate surface area is 189 Å². The molecule has 1 aliphatic carbocycles. The summed E-state index contributed by atoms with van der Waals surface area (Å²) in [5.74, 6) is -1.06. The average molecular weight is 436 g/mol. The third-order valence-corrected chi connectivity index (χ3v) is 6.62. The van der Waals surface area contributed by atoms with E-state index in [4.69, 9.17) is 0 Å². The molecule has 0 saturated carbocycles. The number of nitrogens with zero attached hydrogens (tertiary/aromatic N) is 2. The summed E-state index contributed by atoms with van der Waals surface area (Å²) < 4.78 is 1.82. The van der Waals surface area contributed by atoms with Crippen LogP contribution in [0.25, 0.3) is 10.9 Å². The van der Waals surface area contributed by atoms with Crippen molar-refractivity contribution in [3.05, 3.63) is 47.7 Å². The van der Waals surface area contributed by atoms with Gasteiger partial charge in [0.2, 0.25) is 5.91 Å². The lowest BCUT2D eigenvalue weighted by molar-refractivity contribution is -0.131. The lowest BCUT2D eigenvalue weighted by atomic mass is 9.97. The van der Waals surface area contributed by atoms with Gasteiger partial charge in [0.1, 0.15) is 6.54 Å². The second-order valence-corrected chi connectivity index (χ2v) is 8.93. The Morgan fingerprint density at radius 1 is 0.938 bits per heavy atom. The Bertz CT molecular complexity index is 1010. The number of likely N-dealkylation sites (tertiary alicyclic amines) is 1. The molecule has 170 valence electrons. The van der Waals surface area contributed by atoms with Crippen molar-refractivity contribution in [1.82, 2.24) is 14.8 Å². The molecule has 1 fully saturated rings. The number of fused-ring (bicyclic) bond motifs is 1. The standard InChI is InChI=1S/C26H33N3O3/c30-24(28-16-8-1-2-9-17-28)19-29-18-22(21-12-6-7-13-23(21)29)25(31)26(32)27-15-14-20-10-4-3-5-11-20/h6-7,10,12-13,18H,1-5,8-9,11,14-17,19H2,(H,27,32). The third kappa shape index (κ3) is 5.29. The first-order valence-electron chi connectivity index (χ1n) is 12.0. The Hall–Kier alpha value is -2.89. The maximum atomic E-state index is 13.0. The minimum Gasteiger partial charge on any atom is -0.349 e. The molecule has 32 heavy (non-hydrogen) atoms. The highest BCUT2D eigenvalue weighted by Crippen LogP contribution is 2.23. The molecule has 6 nitrogen and oxygen atoms in total. The molecule has 0 spiro atoms. The summed E-state index contributed by atoms with van der Waals surface area (Å²) in [4.78, 5) is 40.4. The summed E-state index contributed by atoms with van der Waals surface area (Å²) in [6, 6.07) is 7.49. The fraction of sp³-hybridized carbons (Fsp3) is 0.500. The summed E-state index contributed by atoms with van der Waals surface area (Å²) >= 11 is 0. The van der Waals surface area contributed by atoms with Gasteiger partial charge in [-0.2, -0.15) is 0 Å². The smallest absolute Gasteiger partial charge is 0.292 e. The van der Waals surface area contributed by atoms with Gasteiger partial charge in [-0.15, -0.1) is 0 Å². The van der Waals surface area contributed by atoms with Crippen LogP contribution < -0.4 is 5.32 Å². The summed E-state index contributed by atoms with van der Waals surface area (Å²) in [5.41, 5.74) is 2.53. The van der Waals surface area contributed by atoms with Crippen molar-refractivity contribution >= 4 is 28.5 Å². The summed E-state index contributed by atoms with van der Waals surface area (Å²) in [6.07, 6.45) is 13.8. The zero-order valence-corrected chi connectivity index (χ0v) is 18.8. The normalized spacial score (nSPS) is 17.0. The monoisotopic (exact) mass is 435 g/mol. The van der Waals surface area contributed by atoms with Crippen molar-refractivity contribution in [2.75, 3.05) is 19.6 Å². The van der Waals surface area contributed by atoms with E-state index in [1.165, 1.54) is 31.3 Å². The number of carbonyl (C=O) groups is 3. The molecule has 0 atom stereocenters. The van der Waals surface area contributed by atoms with Gasteiger partial charge in [0.15, 0.2) is 0 Å². The number of ketones is 1. The minimum absolute atomic E-state index is 0.0665. The number of aromatic nitrogens is 1. The predicted octanol–water partition coefficient (Wildman–Crippen LogP) is 4.23. The Kier molecular flexibility index (Phi) is 7.40. The van der Waals surface area contributed by atoms with E-state index in [1.807, 2.05) is 33.7 Å². The van der Waals surface area contributed by atoms with Crippen molar-refractivity contribution in [2.24, 2.45) is 0 Å². The molecule has 1 saturated heterocycles. The molecule has 1 aromatic carbocycles. The van der Waals surface area contributed by atoms with Gasteiger partial charge in [-0.25, -0.2) is 0 Å². The first kappa shape index (κ1) is 22.3. The highest BCUT2D eigenvalue weighted by atomic mass is 16.2. The van der Waals surface area contributed by atoms with Gasteiger partial charge in [0, 0.05) is 36.7 Å². The van der Waals surface area contributed by atoms with Crippen LogP contribution in [0.3, 0.4) is 0 Å². The van der Waals surface area contributed by atoms with Crippen LogP contribution in [0.15, 0.2) is 42.1 Å². The van der Waals surface area contributed by atoms with E-state index in [0.29, 0.717) is 17.5 Å². The number of Topliss-reactive ketones (excluding diaryl/α,β-unsaturated/α-hetero) is 1. The van der Waals surface area contributed by atoms with Gasteiger partial charge in [0.05, 0.1) is 5.56 Å². The zero-order chi connectivity index (χ0) is 22.3. The lowest BCUT2D eigenvalue weighted by Gasteiger charge is -2.20. The van der Waals surface area contributed by atoms with Gasteiger partial charge in [0.25, 0.3) is 11.7 Å². The first-order chi connectivity index (χ1) is 15.6. The number of carbonyl (C=O) groups excluding carboxylic acids is 3. The van der Waals surface area contributed by atoms with Crippen molar-refractivity contribution < 1.29 is 14.4 Å². The molecule has 2 aliphatic rings. The van der Waals surface area contributed by atoms with Crippen LogP contribution in [0.1, 0.15) is 68.1 Å². The number of para-hydroxylation sites is 1. The van der Waals surface area contributed by atoms with Crippen LogP contribution in [0.4, 0.5) is 0 Å². The van der Waals surface area contributed by atoms with Crippen LogP contribution in [-0.2, 0) is 16.1 Å². The molecular weight excluding hydrogens is 402 g/mol. The Balaban J connectivity index is 1.45. The lowest BCUT2D eigenvalue weighted by Crippen LogP contribution is -2.34. The fourth-order valence-electron chi connectivity index (χ4n) is 4.80. The number of amides is 2. The third-order valence-electron chi connectivity index (χ3n) is 6.62. The molecule has 2 amide bonds. The molecular formula is C26H33N3O3. The summed E-state index contributed by atoms with van der Waals surface area (Å²) in [7, 11) is 0. The van der Waals surface area contributed by atoms with E-state index in [2.05, 4.69) is 11.4 Å². The van der Waals surface area contributed by atoms with Gasteiger partial charge in [-0.1, -0.05) is 42.7 Å². The number of benzene rings is 1. The maximum Gasteiger partial charge on any atom is 0.292 e. The van der Waals surface area contributed by atoms with E-state index in [-0.39, 0.29) is 12.5 Å². The molecule has 1 aliphatic heterocycles. The van der Waals surface area contributed by atoms with Crippen molar-refractivity contribution in [2.45, 2.75) is 64.3 Å². The number of rotatable bonds is 7. The second-order valence-electron chi connectivity index (χ2n) is 8.93. The molecule has 4 rings (SSSR count). The number of hydrogen-bond donors (Lipinski definition) is 1. The van der Waals surface area contributed by atoms with Gasteiger partial charge in [-0.3, -0.25) is 14.4 Å². The second kappa shape index (κ2) is 10.6. The predicted molar refractivity (Wildman–Crippen MR) is 125 cm³/mol. The fourth-order valence-corrected chi connectivity index (χ4v) is 4.80. The van der Waals surface area contributed by atoms with Crippen LogP contribution in [0.5, 0.6) is 0 Å². The van der Waals surface area contributed by atoms with E-state index in [0.717, 1.165) is 50.7 Å². The molecule has 2 aromatic rings. The zero-order valence-electron chi connectivity index (χ0n) is 18.8. The number of allylic oxidation sites excluding steroid dienone is 1. The summed E-state index contributed by atoms with van der Waals surface area (Å²) in [6.45, 7) is 2.25. The molecule has 0 unspecified atom stereocenters. The Morgan fingerprint density at radius 2 is 1.72 bits per heavy atom. The maximum absolute atomic E-state index is 13.0. The highest BCUT2D eigenvalue weighted by Gasteiger charge is 2.23. The number of nitrogens with one attached hydrogen (secondary N) is 1. The average Bonchev–Trinajstić information content (AvgIpc) is 2.99. The Morgan fingerprint density at radius 3 is 2.47 bits per heavy atom. The van der Waals surface area contributed by atoms with Gasteiger partial charge < -0.3 is 14.8 Å². The molecule has 1 aromatic heterocycles. The van der Waals surface area contributed by atoms with Gasteiger partial charge in [-0.05, 0) is 51.0 Å². The molecule has 1 N–H and O–H groups in total. The molecule has 6 heteroatoms. The highest BCUT2D eigenvalue weighted by molar-refractivity contribution is 6.45. The molecule has 0 radical (unpaired) electrons. The molecule has 0 bridgehead atoms. The van der Waals surface area contributed by atoms with E-state index >= 15 is 0 Å². The van der Waals surface area contributed by atoms with E-state index in [1.54, 1.807) is 6.20 Å².